The van der Waals surface area contributed by atoms with Crippen LogP contribution in [-0.4, -0.2) is 34.1 Å². The Morgan fingerprint density at radius 2 is 1.83 bits per heavy atom. The zero-order valence-corrected chi connectivity index (χ0v) is 12.6. The van der Waals surface area contributed by atoms with E-state index in [1.165, 1.54) is 6.07 Å². The summed E-state index contributed by atoms with van der Waals surface area (Å²) in [4.78, 5) is 31.1. The van der Waals surface area contributed by atoms with E-state index in [2.05, 4.69) is 20.6 Å². The van der Waals surface area contributed by atoms with Crippen molar-refractivity contribution in [2.45, 2.75) is 5.16 Å². The van der Waals surface area contributed by atoms with Gasteiger partial charge in [-0.15, -0.1) is 0 Å². The quantitative estimate of drug-likeness (QED) is 0.617. The summed E-state index contributed by atoms with van der Waals surface area (Å²) in [5, 5.41) is 5.20. The molecule has 2 amide bonds. The van der Waals surface area contributed by atoms with Crippen LogP contribution in [0.5, 0.6) is 0 Å². The second kappa shape index (κ2) is 8.18. The van der Waals surface area contributed by atoms with Crippen molar-refractivity contribution in [3.8, 4) is 0 Å². The third kappa shape index (κ3) is 5.62. The summed E-state index contributed by atoms with van der Waals surface area (Å²) in [6, 6.07) is 4.64. The van der Waals surface area contributed by atoms with Gasteiger partial charge in [0.25, 0.3) is 0 Å². The van der Waals surface area contributed by atoms with E-state index in [1.54, 1.807) is 18.5 Å². The van der Waals surface area contributed by atoms with E-state index in [1.807, 2.05) is 0 Å². The smallest absolute Gasteiger partial charge is 0.243 e. The van der Waals surface area contributed by atoms with Crippen molar-refractivity contribution in [1.29, 1.82) is 0 Å². The van der Waals surface area contributed by atoms with E-state index in [-0.39, 0.29) is 23.9 Å². The maximum atomic E-state index is 13.0. The standard InChI is InChI=1S/C14H12F2N4O2S/c15-10-3-2-9(6-11(10)16)20-12(21)7-19-13(22)8-23-14-17-4-1-5-18-14/h1-6H,7-8H2,(H,19,22)(H,20,21). The van der Waals surface area contributed by atoms with Crippen molar-refractivity contribution in [2.75, 3.05) is 17.6 Å². The van der Waals surface area contributed by atoms with Crippen molar-refractivity contribution >= 4 is 29.3 Å². The maximum Gasteiger partial charge on any atom is 0.243 e. The number of thioether (sulfide) groups is 1. The van der Waals surface area contributed by atoms with Gasteiger partial charge in [-0.05, 0) is 18.2 Å². The Morgan fingerprint density at radius 3 is 2.52 bits per heavy atom. The molecular formula is C14H12F2N4O2S. The summed E-state index contributed by atoms with van der Waals surface area (Å²) in [6.45, 7) is -0.284. The second-order valence-corrected chi connectivity index (χ2v) is 5.22. The molecule has 23 heavy (non-hydrogen) atoms. The van der Waals surface area contributed by atoms with E-state index >= 15 is 0 Å². The Kier molecular flexibility index (Phi) is 5.98. The summed E-state index contributed by atoms with van der Waals surface area (Å²) in [6.07, 6.45) is 3.12. The monoisotopic (exact) mass is 338 g/mol. The van der Waals surface area contributed by atoms with Crippen LogP contribution in [0.3, 0.4) is 0 Å². The Hall–Kier alpha value is -2.55. The lowest BCUT2D eigenvalue weighted by Crippen LogP contribution is -2.33. The number of aromatic nitrogens is 2. The van der Waals surface area contributed by atoms with Gasteiger partial charge in [-0.1, -0.05) is 11.8 Å². The third-order valence-electron chi connectivity index (χ3n) is 2.52. The van der Waals surface area contributed by atoms with Crippen molar-refractivity contribution < 1.29 is 18.4 Å². The number of halogens is 2. The molecule has 0 radical (unpaired) electrons. The lowest BCUT2D eigenvalue weighted by atomic mass is 10.3. The Labute approximate surface area is 134 Å². The molecule has 1 aromatic carbocycles. The van der Waals surface area contributed by atoms with E-state index in [9.17, 15) is 18.4 Å². The lowest BCUT2D eigenvalue weighted by molar-refractivity contribution is -0.122. The highest BCUT2D eigenvalue weighted by molar-refractivity contribution is 7.99. The molecule has 0 atom stereocenters. The molecule has 0 unspecified atom stereocenters. The zero-order chi connectivity index (χ0) is 16.7. The number of rotatable bonds is 6. The van der Waals surface area contributed by atoms with E-state index in [0.29, 0.717) is 5.16 Å². The van der Waals surface area contributed by atoms with Crippen LogP contribution in [0.4, 0.5) is 14.5 Å². The topological polar surface area (TPSA) is 84.0 Å². The average molecular weight is 338 g/mol. The highest BCUT2D eigenvalue weighted by atomic mass is 32.2. The highest BCUT2D eigenvalue weighted by Crippen LogP contribution is 2.13. The van der Waals surface area contributed by atoms with Crippen molar-refractivity contribution in [3.05, 3.63) is 48.3 Å². The van der Waals surface area contributed by atoms with Gasteiger partial charge in [0.15, 0.2) is 16.8 Å². The van der Waals surface area contributed by atoms with Crippen LogP contribution in [0, 0.1) is 11.6 Å². The van der Waals surface area contributed by atoms with Gasteiger partial charge in [0.1, 0.15) is 0 Å². The van der Waals surface area contributed by atoms with Gasteiger partial charge in [-0.25, -0.2) is 18.7 Å². The number of hydrogen-bond acceptors (Lipinski definition) is 5. The molecule has 0 aliphatic heterocycles. The number of carbonyl (C=O) groups is 2. The Morgan fingerprint density at radius 1 is 1.09 bits per heavy atom. The van der Waals surface area contributed by atoms with Gasteiger partial charge in [-0.2, -0.15) is 0 Å². The SMILES string of the molecule is O=C(CSc1ncccn1)NCC(=O)Nc1ccc(F)c(F)c1. The summed E-state index contributed by atoms with van der Waals surface area (Å²) in [5.41, 5.74) is 0.107. The summed E-state index contributed by atoms with van der Waals surface area (Å²) in [7, 11) is 0. The van der Waals surface area contributed by atoms with Crippen molar-refractivity contribution in [3.63, 3.8) is 0 Å². The van der Waals surface area contributed by atoms with Gasteiger partial charge in [0.05, 0.1) is 12.3 Å². The molecule has 2 rings (SSSR count). The molecular weight excluding hydrogens is 326 g/mol. The first-order valence-corrected chi connectivity index (χ1v) is 7.44. The molecule has 1 aromatic heterocycles. The van der Waals surface area contributed by atoms with Gasteiger partial charge in [-0.3, -0.25) is 9.59 Å². The minimum atomic E-state index is -1.06. The molecule has 2 aromatic rings. The molecule has 0 aliphatic rings. The van der Waals surface area contributed by atoms with Crippen LogP contribution in [0.2, 0.25) is 0 Å². The van der Waals surface area contributed by atoms with Gasteiger partial charge in [0, 0.05) is 24.1 Å². The second-order valence-electron chi connectivity index (χ2n) is 4.27. The third-order valence-corrected chi connectivity index (χ3v) is 3.40. The molecule has 120 valence electrons. The number of carbonyl (C=O) groups excluding carboxylic acids is 2. The van der Waals surface area contributed by atoms with Crippen LogP contribution in [0.1, 0.15) is 0 Å². The molecule has 6 nitrogen and oxygen atoms in total. The number of nitrogens with one attached hydrogen (secondary N) is 2. The van der Waals surface area contributed by atoms with Gasteiger partial charge in [0.2, 0.25) is 11.8 Å². The molecule has 0 aliphatic carbocycles. The van der Waals surface area contributed by atoms with Crippen LogP contribution in [-0.2, 0) is 9.59 Å². The molecule has 1 heterocycles. The highest BCUT2D eigenvalue weighted by Gasteiger charge is 2.09. The number of anilines is 1. The predicted octanol–water partition coefficient (Wildman–Crippen LogP) is 1.60. The van der Waals surface area contributed by atoms with Crippen LogP contribution >= 0.6 is 11.8 Å². The van der Waals surface area contributed by atoms with E-state index in [0.717, 1.165) is 23.9 Å². The summed E-state index contributed by atoms with van der Waals surface area (Å²) in [5.74, 6) is -2.93. The van der Waals surface area contributed by atoms with E-state index < -0.39 is 17.5 Å². The fraction of sp³-hybridized carbons (Fsp3) is 0.143. The fourth-order valence-electron chi connectivity index (χ4n) is 1.50. The first-order chi connectivity index (χ1) is 11.0. The average Bonchev–Trinajstić information content (AvgIpc) is 2.55. The number of nitrogens with zero attached hydrogens (tertiary/aromatic N) is 2. The zero-order valence-electron chi connectivity index (χ0n) is 11.8. The summed E-state index contributed by atoms with van der Waals surface area (Å²) >= 11 is 1.13. The lowest BCUT2D eigenvalue weighted by Gasteiger charge is -2.07. The molecule has 0 saturated heterocycles. The normalized spacial score (nSPS) is 10.2. The van der Waals surface area contributed by atoms with Gasteiger partial charge >= 0.3 is 0 Å². The largest absolute Gasteiger partial charge is 0.346 e. The first-order valence-electron chi connectivity index (χ1n) is 6.46. The minimum Gasteiger partial charge on any atom is -0.346 e. The Balaban J connectivity index is 1.73. The van der Waals surface area contributed by atoms with Crippen LogP contribution in [0.25, 0.3) is 0 Å². The van der Waals surface area contributed by atoms with E-state index in [4.69, 9.17) is 0 Å². The Bertz CT molecular complexity index is 700. The molecule has 0 fully saturated rings. The van der Waals surface area contributed by atoms with Crippen LogP contribution < -0.4 is 10.6 Å². The molecule has 9 heteroatoms. The maximum absolute atomic E-state index is 13.0. The molecule has 0 spiro atoms. The molecule has 0 saturated carbocycles. The van der Waals surface area contributed by atoms with Gasteiger partial charge < -0.3 is 10.6 Å². The first kappa shape index (κ1) is 16.8. The molecule has 2 N–H and O–H groups in total. The van der Waals surface area contributed by atoms with Crippen LogP contribution in [0.15, 0.2) is 41.8 Å². The van der Waals surface area contributed by atoms with Crippen molar-refractivity contribution in [1.82, 2.24) is 15.3 Å². The minimum absolute atomic E-state index is 0.0580. The number of amides is 2. The summed E-state index contributed by atoms with van der Waals surface area (Å²) < 4.78 is 25.8. The fourth-order valence-corrected chi connectivity index (χ4v) is 2.13. The number of benzene rings is 1. The number of hydrogen-bond donors (Lipinski definition) is 2. The predicted molar refractivity (Wildman–Crippen MR) is 80.8 cm³/mol. The van der Waals surface area contributed by atoms with Crippen molar-refractivity contribution in [2.24, 2.45) is 0 Å². The molecule has 0 bridgehead atoms.